The van der Waals surface area contributed by atoms with Crippen molar-refractivity contribution in [2.45, 2.75) is 24.4 Å². The first kappa shape index (κ1) is 17.3. The molecular formula is C15H19NO3S3. The number of thiophene rings is 1. The van der Waals surface area contributed by atoms with Gasteiger partial charge in [0.15, 0.2) is 0 Å². The first-order valence-electron chi connectivity index (χ1n) is 6.77. The fraction of sp³-hybridized carbons (Fsp3) is 0.333. The lowest BCUT2D eigenvalue weighted by Crippen LogP contribution is -2.39. The number of benzene rings is 1. The smallest absolute Gasteiger partial charge is 0.243 e. The van der Waals surface area contributed by atoms with Crippen LogP contribution in [0.4, 0.5) is 0 Å². The summed E-state index contributed by atoms with van der Waals surface area (Å²) >= 11 is 5.81. The fourth-order valence-electron chi connectivity index (χ4n) is 2.01. The molecule has 0 N–H and O–H groups in total. The molecule has 0 fully saturated rings. The highest BCUT2D eigenvalue weighted by Gasteiger charge is 2.28. The third-order valence-electron chi connectivity index (χ3n) is 3.34. The molecule has 0 radical (unpaired) electrons. The lowest BCUT2D eigenvalue weighted by molar-refractivity contribution is 0.352. The van der Waals surface area contributed by atoms with Gasteiger partial charge in [0, 0.05) is 18.3 Å². The van der Waals surface area contributed by atoms with Gasteiger partial charge in [-0.3, -0.25) is 0 Å². The van der Waals surface area contributed by atoms with Crippen LogP contribution < -0.4 is 4.74 Å². The van der Waals surface area contributed by atoms with E-state index in [1.54, 1.807) is 42.7 Å². The molecular weight excluding hydrogens is 338 g/mol. The molecule has 0 aliphatic carbocycles. The van der Waals surface area contributed by atoms with Crippen LogP contribution in [0.25, 0.3) is 0 Å². The van der Waals surface area contributed by atoms with Crippen LogP contribution in [0.15, 0.2) is 46.0 Å². The van der Waals surface area contributed by atoms with Crippen molar-refractivity contribution in [3.05, 3.63) is 46.7 Å². The molecule has 0 aliphatic heterocycles. The first-order chi connectivity index (χ1) is 10.5. The molecule has 0 unspecified atom stereocenters. The molecule has 0 bridgehead atoms. The molecule has 1 atom stereocenters. The zero-order valence-corrected chi connectivity index (χ0v) is 15.0. The minimum Gasteiger partial charge on any atom is -0.497 e. The topological polar surface area (TPSA) is 46.6 Å². The van der Waals surface area contributed by atoms with Gasteiger partial charge in [0.05, 0.1) is 12.0 Å². The Kier molecular flexibility index (Phi) is 5.91. The Hall–Kier alpha value is -1.02. The minimum absolute atomic E-state index is 0.199. The van der Waals surface area contributed by atoms with Crippen molar-refractivity contribution in [2.75, 3.05) is 12.9 Å². The van der Waals surface area contributed by atoms with Gasteiger partial charge in [-0.15, -0.1) is 0 Å². The predicted molar refractivity (Wildman–Crippen MR) is 93.4 cm³/mol. The molecule has 7 heteroatoms. The van der Waals surface area contributed by atoms with Gasteiger partial charge in [0.1, 0.15) is 5.75 Å². The van der Waals surface area contributed by atoms with E-state index >= 15 is 0 Å². The molecule has 0 saturated heterocycles. The summed E-state index contributed by atoms with van der Waals surface area (Å²) in [5.41, 5.74) is 0.982. The Morgan fingerprint density at radius 1 is 1.27 bits per heavy atom. The van der Waals surface area contributed by atoms with E-state index in [-0.39, 0.29) is 10.9 Å². The highest BCUT2D eigenvalue weighted by molar-refractivity contribution is 7.89. The normalized spacial score (nSPS) is 13.3. The fourth-order valence-corrected chi connectivity index (χ4v) is 4.60. The average molecular weight is 358 g/mol. The standard InChI is InChI=1S/C15H19NO3S3/c1-12(10-20)16(9-13-7-8-21-11-13)22(17,18)15-5-3-14(19-2)4-6-15/h3-8,11-12,20H,9-10H2,1-2H3/t12-/m1/s1. The molecule has 1 aromatic carbocycles. The van der Waals surface area contributed by atoms with E-state index in [0.29, 0.717) is 18.0 Å². The lowest BCUT2D eigenvalue weighted by atomic mass is 10.3. The maximum absolute atomic E-state index is 12.9. The van der Waals surface area contributed by atoms with Crippen LogP contribution in [0.1, 0.15) is 12.5 Å². The van der Waals surface area contributed by atoms with Gasteiger partial charge in [-0.2, -0.15) is 28.3 Å². The third kappa shape index (κ3) is 3.84. The molecule has 0 aliphatic rings. The van der Waals surface area contributed by atoms with E-state index in [0.717, 1.165) is 5.56 Å². The van der Waals surface area contributed by atoms with Crippen molar-refractivity contribution in [3.63, 3.8) is 0 Å². The van der Waals surface area contributed by atoms with E-state index in [2.05, 4.69) is 12.6 Å². The van der Waals surface area contributed by atoms with Crippen LogP contribution in [0, 0.1) is 0 Å². The van der Waals surface area contributed by atoms with Crippen LogP contribution in [0.3, 0.4) is 0 Å². The second kappa shape index (κ2) is 7.50. The molecule has 4 nitrogen and oxygen atoms in total. The summed E-state index contributed by atoms with van der Waals surface area (Å²) < 4.78 is 32.4. The number of ether oxygens (including phenoxy) is 1. The van der Waals surface area contributed by atoms with E-state index in [4.69, 9.17) is 4.74 Å². The van der Waals surface area contributed by atoms with Crippen molar-refractivity contribution in [1.29, 1.82) is 0 Å². The van der Waals surface area contributed by atoms with Gasteiger partial charge in [0.25, 0.3) is 0 Å². The van der Waals surface area contributed by atoms with Gasteiger partial charge < -0.3 is 4.74 Å². The van der Waals surface area contributed by atoms with Crippen molar-refractivity contribution in [2.24, 2.45) is 0 Å². The number of rotatable bonds is 7. The number of nitrogens with zero attached hydrogens (tertiary/aromatic N) is 1. The van der Waals surface area contributed by atoms with Crippen LogP contribution >= 0.6 is 24.0 Å². The summed E-state index contributed by atoms with van der Waals surface area (Å²) in [6.07, 6.45) is 0. The Bertz CT molecular complexity index is 681. The van der Waals surface area contributed by atoms with Crippen molar-refractivity contribution in [1.82, 2.24) is 4.31 Å². The van der Waals surface area contributed by atoms with E-state index in [1.165, 1.54) is 4.31 Å². The van der Waals surface area contributed by atoms with Crippen molar-refractivity contribution in [3.8, 4) is 5.75 Å². The zero-order chi connectivity index (χ0) is 16.2. The van der Waals surface area contributed by atoms with Gasteiger partial charge >= 0.3 is 0 Å². The second-order valence-electron chi connectivity index (χ2n) is 4.89. The summed E-state index contributed by atoms with van der Waals surface area (Å²) in [5.74, 6) is 1.09. The first-order valence-corrected chi connectivity index (χ1v) is 9.78. The Morgan fingerprint density at radius 2 is 1.95 bits per heavy atom. The summed E-state index contributed by atoms with van der Waals surface area (Å²) in [6.45, 7) is 2.21. The predicted octanol–water partition coefficient (Wildman–Crippen LogP) is 3.27. The summed E-state index contributed by atoms with van der Waals surface area (Å²) in [6, 6.07) is 8.18. The van der Waals surface area contributed by atoms with Crippen LogP contribution in [-0.4, -0.2) is 31.6 Å². The molecule has 120 valence electrons. The molecule has 1 heterocycles. The Labute approximate surface area is 141 Å². The Balaban J connectivity index is 2.35. The van der Waals surface area contributed by atoms with E-state index < -0.39 is 10.0 Å². The van der Waals surface area contributed by atoms with Gasteiger partial charge in [-0.05, 0) is 53.6 Å². The summed E-state index contributed by atoms with van der Waals surface area (Å²) in [4.78, 5) is 0.261. The molecule has 1 aromatic heterocycles. The number of methoxy groups -OCH3 is 1. The number of thiol groups is 1. The minimum atomic E-state index is -3.58. The number of hydrogen-bond donors (Lipinski definition) is 1. The zero-order valence-electron chi connectivity index (χ0n) is 12.5. The van der Waals surface area contributed by atoms with Crippen LogP contribution in [0.2, 0.25) is 0 Å². The summed E-state index contributed by atoms with van der Waals surface area (Å²) in [5, 5.41) is 3.90. The molecule has 0 amide bonds. The highest BCUT2D eigenvalue weighted by Crippen LogP contribution is 2.24. The average Bonchev–Trinajstić information content (AvgIpc) is 3.05. The monoisotopic (exact) mass is 357 g/mol. The second-order valence-corrected chi connectivity index (χ2v) is 7.92. The molecule has 0 spiro atoms. The number of hydrogen-bond acceptors (Lipinski definition) is 5. The van der Waals surface area contributed by atoms with E-state index in [1.807, 2.05) is 23.8 Å². The van der Waals surface area contributed by atoms with Gasteiger partial charge in [-0.25, -0.2) is 8.42 Å². The maximum Gasteiger partial charge on any atom is 0.243 e. The largest absolute Gasteiger partial charge is 0.497 e. The third-order valence-corrected chi connectivity index (χ3v) is 6.58. The van der Waals surface area contributed by atoms with Gasteiger partial charge in [0.2, 0.25) is 10.0 Å². The van der Waals surface area contributed by atoms with Gasteiger partial charge in [-0.1, -0.05) is 0 Å². The molecule has 22 heavy (non-hydrogen) atoms. The van der Waals surface area contributed by atoms with Crippen LogP contribution in [0.5, 0.6) is 5.75 Å². The highest BCUT2D eigenvalue weighted by atomic mass is 32.2. The quantitative estimate of drug-likeness (QED) is 0.774. The van der Waals surface area contributed by atoms with E-state index in [9.17, 15) is 8.42 Å². The summed E-state index contributed by atoms with van der Waals surface area (Å²) in [7, 11) is -2.03. The van der Waals surface area contributed by atoms with Crippen LogP contribution in [-0.2, 0) is 16.6 Å². The molecule has 0 saturated carbocycles. The maximum atomic E-state index is 12.9. The molecule has 2 aromatic rings. The SMILES string of the molecule is COc1ccc(S(=O)(=O)N(Cc2ccsc2)[C@H](C)CS)cc1. The van der Waals surface area contributed by atoms with Crippen molar-refractivity contribution >= 4 is 34.0 Å². The lowest BCUT2D eigenvalue weighted by Gasteiger charge is -2.27. The van der Waals surface area contributed by atoms with Crippen molar-refractivity contribution < 1.29 is 13.2 Å². The Morgan fingerprint density at radius 3 is 2.45 bits per heavy atom. The molecule has 2 rings (SSSR count). The number of sulfonamides is 1.